The highest BCUT2D eigenvalue weighted by Gasteiger charge is 2.10. The Morgan fingerprint density at radius 2 is 1.95 bits per heavy atom. The van der Waals surface area contributed by atoms with Crippen molar-refractivity contribution < 1.29 is 13.5 Å². The van der Waals surface area contributed by atoms with Crippen molar-refractivity contribution in [3.8, 4) is 0 Å². The molecule has 0 heterocycles. The predicted octanol–water partition coefficient (Wildman–Crippen LogP) is 2.82. The van der Waals surface area contributed by atoms with Gasteiger partial charge < -0.3 is 4.74 Å². The quantitative estimate of drug-likeness (QED) is 0.413. The minimum atomic E-state index is -2.42. The minimum absolute atomic E-state index is 0.0756. The molecular formula is C14H22F2N2O. The summed E-state index contributed by atoms with van der Waals surface area (Å²) in [5.74, 6) is 5.49. The zero-order chi connectivity index (χ0) is 14.1. The summed E-state index contributed by atoms with van der Waals surface area (Å²) >= 11 is 0. The minimum Gasteiger partial charge on any atom is -0.375 e. The summed E-state index contributed by atoms with van der Waals surface area (Å²) < 4.78 is 28.7. The zero-order valence-corrected chi connectivity index (χ0v) is 11.2. The maximum Gasteiger partial charge on any atom is 0.261 e. The van der Waals surface area contributed by atoms with Gasteiger partial charge in [-0.3, -0.25) is 11.3 Å². The Labute approximate surface area is 113 Å². The largest absolute Gasteiger partial charge is 0.375 e. The molecule has 19 heavy (non-hydrogen) atoms. The molecule has 0 bridgehead atoms. The van der Waals surface area contributed by atoms with E-state index in [-0.39, 0.29) is 12.6 Å². The molecule has 0 aromatic heterocycles. The first-order valence-corrected chi connectivity index (χ1v) is 6.58. The van der Waals surface area contributed by atoms with Crippen molar-refractivity contribution in [1.82, 2.24) is 5.43 Å². The lowest BCUT2D eigenvalue weighted by molar-refractivity contribution is 0.0143. The van der Waals surface area contributed by atoms with Crippen molar-refractivity contribution in [2.24, 2.45) is 5.84 Å². The van der Waals surface area contributed by atoms with E-state index >= 15 is 0 Å². The molecule has 0 fully saturated rings. The molecule has 1 rings (SSSR count). The van der Waals surface area contributed by atoms with Crippen molar-refractivity contribution in [1.29, 1.82) is 0 Å². The third-order valence-electron chi connectivity index (χ3n) is 2.92. The van der Waals surface area contributed by atoms with Crippen LogP contribution in [0, 0.1) is 0 Å². The number of nitrogens with one attached hydrogen (secondary N) is 1. The number of halogens is 2. The molecule has 1 unspecified atom stereocenters. The topological polar surface area (TPSA) is 47.3 Å². The van der Waals surface area contributed by atoms with Crippen LogP contribution in [0.25, 0.3) is 0 Å². The van der Waals surface area contributed by atoms with Gasteiger partial charge in [0, 0.05) is 12.6 Å². The molecule has 1 aromatic carbocycles. The Morgan fingerprint density at radius 3 is 2.47 bits per heavy atom. The molecule has 0 saturated heterocycles. The maximum absolute atomic E-state index is 11.9. The normalized spacial score (nSPS) is 12.9. The fourth-order valence-electron chi connectivity index (χ4n) is 1.93. The van der Waals surface area contributed by atoms with E-state index in [4.69, 9.17) is 10.6 Å². The number of nitrogens with two attached hydrogens (primary N) is 1. The predicted molar refractivity (Wildman–Crippen MR) is 71.9 cm³/mol. The monoisotopic (exact) mass is 272 g/mol. The Balaban J connectivity index is 2.45. The van der Waals surface area contributed by atoms with Gasteiger partial charge in [0.15, 0.2) is 0 Å². The summed E-state index contributed by atoms with van der Waals surface area (Å²) in [5, 5.41) is 0. The molecule has 0 saturated carbocycles. The summed E-state index contributed by atoms with van der Waals surface area (Å²) in [6, 6.07) is 8.10. The number of aryl methyl sites for hydroxylation is 1. The smallest absolute Gasteiger partial charge is 0.261 e. The second-order valence-electron chi connectivity index (χ2n) is 4.47. The highest BCUT2D eigenvalue weighted by atomic mass is 19.3. The van der Waals surface area contributed by atoms with E-state index in [0.717, 1.165) is 18.4 Å². The van der Waals surface area contributed by atoms with Crippen LogP contribution in [0.2, 0.25) is 0 Å². The van der Waals surface area contributed by atoms with Gasteiger partial charge in [0.2, 0.25) is 0 Å². The third kappa shape index (κ3) is 6.09. The van der Waals surface area contributed by atoms with Crippen LogP contribution in [0.5, 0.6) is 0 Å². The van der Waals surface area contributed by atoms with Gasteiger partial charge >= 0.3 is 0 Å². The molecule has 0 aliphatic carbocycles. The van der Waals surface area contributed by atoms with E-state index in [1.54, 1.807) is 0 Å². The van der Waals surface area contributed by atoms with E-state index in [2.05, 4.69) is 24.5 Å². The summed E-state index contributed by atoms with van der Waals surface area (Å²) in [6.07, 6.45) is 0.312. The van der Waals surface area contributed by atoms with Crippen molar-refractivity contribution in [3.63, 3.8) is 0 Å². The average molecular weight is 272 g/mol. The molecule has 3 N–H and O–H groups in total. The molecule has 3 nitrogen and oxygen atoms in total. The number of benzene rings is 1. The summed E-state index contributed by atoms with van der Waals surface area (Å²) in [7, 11) is 0. The molecular weight excluding hydrogens is 250 g/mol. The molecule has 1 atom stereocenters. The standard InChI is InChI=1S/C14H22F2N2O/c1-2-3-11-4-6-12(7-5-11)13(18-17)8-9-19-10-14(15)16/h4-7,13-14,18H,2-3,8-10,17H2,1H3. The van der Waals surface area contributed by atoms with Crippen LogP contribution in [0.1, 0.15) is 36.9 Å². The molecule has 1 aromatic rings. The van der Waals surface area contributed by atoms with Gasteiger partial charge in [-0.15, -0.1) is 0 Å². The van der Waals surface area contributed by atoms with Gasteiger partial charge in [0.05, 0.1) is 0 Å². The second kappa shape index (κ2) is 8.96. The number of hydrazine groups is 1. The van der Waals surface area contributed by atoms with Crippen molar-refractivity contribution in [3.05, 3.63) is 35.4 Å². The molecule has 0 aliphatic heterocycles. The Hall–Kier alpha value is -1.04. The van der Waals surface area contributed by atoms with Gasteiger partial charge in [0.25, 0.3) is 6.43 Å². The van der Waals surface area contributed by atoms with Crippen LogP contribution in [0.3, 0.4) is 0 Å². The van der Waals surface area contributed by atoms with Gasteiger partial charge in [-0.25, -0.2) is 8.78 Å². The van der Waals surface area contributed by atoms with Crippen LogP contribution >= 0.6 is 0 Å². The fraction of sp³-hybridized carbons (Fsp3) is 0.571. The number of hydrogen-bond donors (Lipinski definition) is 2. The van der Waals surface area contributed by atoms with Gasteiger partial charge in [0.1, 0.15) is 6.61 Å². The van der Waals surface area contributed by atoms with Crippen molar-refractivity contribution in [2.75, 3.05) is 13.2 Å². The van der Waals surface area contributed by atoms with Crippen molar-refractivity contribution in [2.45, 2.75) is 38.7 Å². The van der Waals surface area contributed by atoms with Crippen LogP contribution in [-0.4, -0.2) is 19.6 Å². The third-order valence-corrected chi connectivity index (χ3v) is 2.92. The van der Waals surface area contributed by atoms with Gasteiger partial charge in [-0.05, 0) is 24.0 Å². The van der Waals surface area contributed by atoms with Gasteiger partial charge in [-0.2, -0.15) is 0 Å². The number of hydrogen-bond acceptors (Lipinski definition) is 3. The first-order valence-electron chi connectivity index (χ1n) is 6.58. The summed E-state index contributed by atoms with van der Waals surface area (Å²) in [5.41, 5.74) is 5.02. The number of ether oxygens (including phenoxy) is 1. The molecule has 5 heteroatoms. The Morgan fingerprint density at radius 1 is 1.26 bits per heavy atom. The van der Waals surface area contributed by atoms with Gasteiger partial charge in [-0.1, -0.05) is 37.6 Å². The molecule has 108 valence electrons. The fourth-order valence-corrected chi connectivity index (χ4v) is 1.93. The highest BCUT2D eigenvalue weighted by molar-refractivity contribution is 5.25. The number of alkyl halides is 2. The molecule has 0 aliphatic rings. The van der Waals surface area contributed by atoms with Crippen LogP contribution < -0.4 is 11.3 Å². The SMILES string of the molecule is CCCc1ccc(C(CCOCC(F)F)NN)cc1. The summed E-state index contributed by atoms with van der Waals surface area (Å²) in [6.45, 7) is 1.88. The molecule has 0 radical (unpaired) electrons. The average Bonchev–Trinajstić information content (AvgIpc) is 2.40. The van der Waals surface area contributed by atoms with E-state index in [1.807, 2.05) is 12.1 Å². The zero-order valence-electron chi connectivity index (χ0n) is 11.2. The first-order chi connectivity index (χ1) is 9.17. The lowest BCUT2D eigenvalue weighted by atomic mass is 10.0. The van der Waals surface area contributed by atoms with Crippen molar-refractivity contribution >= 4 is 0 Å². The summed E-state index contributed by atoms with van der Waals surface area (Å²) in [4.78, 5) is 0. The van der Waals surface area contributed by atoms with E-state index in [9.17, 15) is 8.78 Å². The molecule has 0 spiro atoms. The number of rotatable bonds is 9. The first kappa shape index (κ1) is 16.0. The lowest BCUT2D eigenvalue weighted by Crippen LogP contribution is -2.29. The van der Waals surface area contributed by atoms with Crippen LogP contribution in [-0.2, 0) is 11.2 Å². The molecule has 0 amide bonds. The maximum atomic E-state index is 11.9. The van der Waals surface area contributed by atoms with E-state index in [0.29, 0.717) is 6.42 Å². The Kier molecular flexibility index (Phi) is 7.55. The van der Waals surface area contributed by atoms with Crippen LogP contribution in [0.4, 0.5) is 8.78 Å². The van der Waals surface area contributed by atoms with Crippen LogP contribution in [0.15, 0.2) is 24.3 Å². The lowest BCUT2D eigenvalue weighted by Gasteiger charge is -2.16. The second-order valence-corrected chi connectivity index (χ2v) is 4.47. The highest BCUT2D eigenvalue weighted by Crippen LogP contribution is 2.17. The Bertz CT molecular complexity index is 344. The van der Waals surface area contributed by atoms with E-state index in [1.165, 1.54) is 5.56 Å². The van der Waals surface area contributed by atoms with E-state index < -0.39 is 13.0 Å².